The van der Waals surface area contributed by atoms with Gasteiger partial charge in [-0.1, -0.05) is 25.9 Å². The standard InChI is InChI=1S/C12H19N3O3/c1-12(2,3)11-13-9(18-14-11)7-15-5-8(6-15)4-10(16)17/h8H,4-7H2,1-3H3,(H,16,17). The fourth-order valence-corrected chi connectivity index (χ4v) is 2.00. The highest BCUT2D eigenvalue weighted by molar-refractivity contribution is 5.67. The normalized spacial score (nSPS) is 17.7. The Bertz CT molecular complexity index is 430. The number of hydrogen-bond acceptors (Lipinski definition) is 5. The minimum Gasteiger partial charge on any atom is -0.481 e. The zero-order valence-electron chi connectivity index (χ0n) is 11.0. The maximum Gasteiger partial charge on any atom is 0.303 e. The third-order valence-electron chi connectivity index (χ3n) is 2.99. The Hall–Kier alpha value is -1.43. The highest BCUT2D eigenvalue weighted by Crippen LogP contribution is 2.23. The van der Waals surface area contributed by atoms with E-state index in [0.29, 0.717) is 18.3 Å². The molecule has 1 aromatic rings. The first-order valence-electron chi connectivity index (χ1n) is 6.12. The zero-order valence-corrected chi connectivity index (χ0v) is 11.0. The Morgan fingerprint density at radius 2 is 2.17 bits per heavy atom. The number of aliphatic carboxylic acids is 1. The molecule has 2 heterocycles. The van der Waals surface area contributed by atoms with Crippen LogP contribution in [-0.4, -0.2) is 39.2 Å². The van der Waals surface area contributed by atoms with E-state index in [2.05, 4.69) is 15.0 Å². The van der Waals surface area contributed by atoms with Gasteiger partial charge in [0.2, 0.25) is 5.89 Å². The second-order valence-corrected chi connectivity index (χ2v) is 5.92. The van der Waals surface area contributed by atoms with Gasteiger partial charge in [0.1, 0.15) is 0 Å². The molecule has 0 spiro atoms. The molecule has 2 rings (SSSR count). The molecule has 0 aliphatic carbocycles. The van der Waals surface area contributed by atoms with Crippen LogP contribution >= 0.6 is 0 Å². The van der Waals surface area contributed by atoms with Gasteiger partial charge in [-0.15, -0.1) is 0 Å². The fraction of sp³-hybridized carbons (Fsp3) is 0.750. The molecule has 0 aromatic carbocycles. The van der Waals surface area contributed by atoms with Gasteiger partial charge in [0.05, 0.1) is 13.0 Å². The number of carbonyl (C=O) groups is 1. The molecule has 1 saturated heterocycles. The second-order valence-electron chi connectivity index (χ2n) is 5.92. The molecule has 0 unspecified atom stereocenters. The first-order chi connectivity index (χ1) is 8.34. The van der Waals surface area contributed by atoms with Crippen molar-refractivity contribution in [2.24, 2.45) is 5.92 Å². The van der Waals surface area contributed by atoms with Crippen LogP contribution < -0.4 is 0 Å². The summed E-state index contributed by atoms with van der Waals surface area (Å²) in [6.07, 6.45) is 0.244. The van der Waals surface area contributed by atoms with E-state index in [1.165, 1.54) is 0 Å². The van der Waals surface area contributed by atoms with Crippen molar-refractivity contribution in [3.05, 3.63) is 11.7 Å². The molecule has 1 N–H and O–H groups in total. The summed E-state index contributed by atoms with van der Waals surface area (Å²) in [6.45, 7) is 8.30. The predicted molar refractivity (Wildman–Crippen MR) is 64.0 cm³/mol. The predicted octanol–water partition coefficient (Wildman–Crippen LogP) is 1.27. The van der Waals surface area contributed by atoms with Gasteiger partial charge in [0, 0.05) is 18.5 Å². The molecule has 100 valence electrons. The first kappa shape index (κ1) is 13.0. The molecule has 6 nitrogen and oxygen atoms in total. The van der Waals surface area contributed by atoms with Crippen molar-refractivity contribution in [1.29, 1.82) is 0 Å². The summed E-state index contributed by atoms with van der Waals surface area (Å²) >= 11 is 0. The van der Waals surface area contributed by atoms with Crippen LogP contribution in [0, 0.1) is 5.92 Å². The summed E-state index contributed by atoms with van der Waals surface area (Å²) in [5, 5.41) is 12.6. The zero-order chi connectivity index (χ0) is 13.3. The van der Waals surface area contributed by atoms with Crippen molar-refractivity contribution in [1.82, 2.24) is 15.0 Å². The molecule has 0 amide bonds. The lowest BCUT2D eigenvalue weighted by atomic mass is 9.96. The number of carboxylic acids is 1. The van der Waals surface area contributed by atoms with Crippen molar-refractivity contribution >= 4 is 5.97 Å². The van der Waals surface area contributed by atoms with Crippen molar-refractivity contribution < 1.29 is 14.4 Å². The number of aromatic nitrogens is 2. The maximum atomic E-state index is 10.5. The van der Waals surface area contributed by atoms with E-state index in [1.54, 1.807) is 0 Å². The largest absolute Gasteiger partial charge is 0.481 e. The van der Waals surface area contributed by atoms with E-state index in [0.717, 1.165) is 13.1 Å². The molecule has 0 saturated carbocycles. The number of likely N-dealkylation sites (tertiary alicyclic amines) is 1. The minimum atomic E-state index is -0.729. The van der Waals surface area contributed by atoms with E-state index in [9.17, 15) is 4.79 Å². The van der Waals surface area contributed by atoms with Gasteiger partial charge in [0.15, 0.2) is 5.82 Å². The van der Waals surface area contributed by atoms with Gasteiger partial charge in [0.25, 0.3) is 0 Å². The van der Waals surface area contributed by atoms with E-state index in [1.807, 2.05) is 20.8 Å². The molecular formula is C12H19N3O3. The summed E-state index contributed by atoms with van der Waals surface area (Å²) in [5.41, 5.74) is -0.109. The van der Waals surface area contributed by atoms with Crippen molar-refractivity contribution in [3.63, 3.8) is 0 Å². The topological polar surface area (TPSA) is 79.5 Å². The molecule has 6 heteroatoms. The maximum absolute atomic E-state index is 10.5. The van der Waals surface area contributed by atoms with Gasteiger partial charge in [-0.2, -0.15) is 4.98 Å². The number of rotatable bonds is 4. The van der Waals surface area contributed by atoms with E-state index in [-0.39, 0.29) is 17.8 Å². The summed E-state index contributed by atoms with van der Waals surface area (Å²) in [5.74, 6) is 0.841. The molecule has 1 aliphatic rings. The van der Waals surface area contributed by atoms with Gasteiger partial charge < -0.3 is 9.63 Å². The van der Waals surface area contributed by atoms with Crippen LogP contribution in [0.3, 0.4) is 0 Å². The second kappa shape index (κ2) is 4.68. The molecule has 1 aliphatic heterocycles. The van der Waals surface area contributed by atoms with E-state index >= 15 is 0 Å². The quantitative estimate of drug-likeness (QED) is 0.870. The Morgan fingerprint density at radius 3 is 2.67 bits per heavy atom. The van der Waals surface area contributed by atoms with Crippen LogP contribution in [0.2, 0.25) is 0 Å². The molecular weight excluding hydrogens is 234 g/mol. The molecule has 0 atom stereocenters. The van der Waals surface area contributed by atoms with Crippen molar-refractivity contribution in [2.45, 2.75) is 39.2 Å². The molecule has 18 heavy (non-hydrogen) atoms. The number of nitrogens with zero attached hydrogens (tertiary/aromatic N) is 3. The Morgan fingerprint density at radius 1 is 1.50 bits per heavy atom. The highest BCUT2D eigenvalue weighted by Gasteiger charge is 2.30. The Balaban J connectivity index is 1.82. The van der Waals surface area contributed by atoms with Crippen LogP contribution in [0.4, 0.5) is 0 Å². The summed E-state index contributed by atoms with van der Waals surface area (Å²) in [7, 11) is 0. The SMILES string of the molecule is CC(C)(C)c1noc(CN2CC(CC(=O)O)C2)n1. The summed E-state index contributed by atoms with van der Waals surface area (Å²) in [6, 6.07) is 0. The summed E-state index contributed by atoms with van der Waals surface area (Å²) in [4.78, 5) is 17.0. The fourth-order valence-electron chi connectivity index (χ4n) is 2.00. The van der Waals surface area contributed by atoms with Crippen molar-refractivity contribution in [3.8, 4) is 0 Å². The lowest BCUT2D eigenvalue weighted by Crippen LogP contribution is -2.46. The Labute approximate surface area is 106 Å². The van der Waals surface area contributed by atoms with Gasteiger partial charge in [-0.25, -0.2) is 0 Å². The van der Waals surface area contributed by atoms with Crippen LogP contribution in [0.25, 0.3) is 0 Å². The molecule has 1 aromatic heterocycles. The van der Waals surface area contributed by atoms with Crippen LogP contribution in [0.5, 0.6) is 0 Å². The molecule has 0 radical (unpaired) electrons. The first-order valence-corrected chi connectivity index (χ1v) is 6.12. The van der Waals surface area contributed by atoms with Gasteiger partial charge in [-0.05, 0) is 5.92 Å². The minimum absolute atomic E-state index is 0.109. The monoisotopic (exact) mass is 253 g/mol. The summed E-state index contributed by atoms with van der Waals surface area (Å²) < 4.78 is 5.19. The lowest BCUT2D eigenvalue weighted by Gasteiger charge is -2.37. The smallest absolute Gasteiger partial charge is 0.303 e. The molecule has 0 bridgehead atoms. The average molecular weight is 253 g/mol. The molecule has 1 fully saturated rings. The Kier molecular flexibility index (Phi) is 3.38. The van der Waals surface area contributed by atoms with Crippen LogP contribution in [0.1, 0.15) is 38.9 Å². The average Bonchev–Trinajstić information content (AvgIpc) is 2.61. The third kappa shape index (κ3) is 3.07. The lowest BCUT2D eigenvalue weighted by molar-refractivity contribution is -0.139. The third-order valence-corrected chi connectivity index (χ3v) is 2.99. The van der Waals surface area contributed by atoms with E-state index in [4.69, 9.17) is 9.63 Å². The van der Waals surface area contributed by atoms with Crippen molar-refractivity contribution in [2.75, 3.05) is 13.1 Å². The van der Waals surface area contributed by atoms with Gasteiger partial charge in [-0.3, -0.25) is 9.69 Å². The highest BCUT2D eigenvalue weighted by atomic mass is 16.5. The van der Waals surface area contributed by atoms with Crippen LogP contribution in [0.15, 0.2) is 4.52 Å². The van der Waals surface area contributed by atoms with Gasteiger partial charge >= 0.3 is 5.97 Å². The van der Waals surface area contributed by atoms with E-state index < -0.39 is 5.97 Å². The number of carboxylic acid groups (broad SMARTS) is 1. The number of hydrogen-bond donors (Lipinski definition) is 1. The van der Waals surface area contributed by atoms with Crippen LogP contribution in [-0.2, 0) is 16.8 Å².